The molecule has 8 nitrogen and oxygen atoms in total. The van der Waals surface area contributed by atoms with E-state index >= 15 is 0 Å². The lowest BCUT2D eigenvalue weighted by Crippen LogP contribution is -2.43. The zero-order valence-corrected chi connectivity index (χ0v) is 19.6. The van der Waals surface area contributed by atoms with Crippen LogP contribution in [-0.2, 0) is 19.6 Å². The molecular weight excluding hydrogens is 452 g/mol. The van der Waals surface area contributed by atoms with Gasteiger partial charge in [0.05, 0.1) is 11.4 Å². The molecule has 0 spiro atoms. The van der Waals surface area contributed by atoms with Crippen molar-refractivity contribution in [2.75, 3.05) is 18.9 Å². The Morgan fingerprint density at radius 1 is 1.19 bits per heavy atom. The molecule has 1 aliphatic heterocycles. The van der Waals surface area contributed by atoms with E-state index in [2.05, 4.69) is 15.0 Å². The second-order valence-electron chi connectivity index (χ2n) is 7.66. The first kappa shape index (κ1) is 23.7. The third-order valence-corrected chi connectivity index (χ3v) is 6.86. The number of nitrogens with zero attached hydrogens (tertiary/aromatic N) is 2. The smallest absolute Gasteiger partial charge is 0.263 e. The number of benzene rings is 2. The highest BCUT2D eigenvalue weighted by Crippen LogP contribution is 2.24. The summed E-state index contributed by atoms with van der Waals surface area (Å²) in [4.78, 5) is 31.5. The number of amidine groups is 1. The molecule has 1 aliphatic rings. The van der Waals surface area contributed by atoms with Crippen LogP contribution in [0.1, 0.15) is 25.8 Å². The Balaban J connectivity index is 1.80. The van der Waals surface area contributed by atoms with Crippen LogP contribution in [0.15, 0.2) is 58.4 Å². The molecule has 1 heterocycles. The van der Waals surface area contributed by atoms with Crippen molar-refractivity contribution in [2.45, 2.75) is 31.2 Å². The summed E-state index contributed by atoms with van der Waals surface area (Å²) in [7, 11) is -2.20. The molecule has 170 valence electrons. The number of halogens is 1. The van der Waals surface area contributed by atoms with Gasteiger partial charge in [0, 0.05) is 23.3 Å². The molecule has 0 unspecified atom stereocenters. The normalized spacial score (nSPS) is 17.2. The minimum Gasteiger partial charge on any atom is -0.335 e. The van der Waals surface area contributed by atoms with E-state index in [1.165, 1.54) is 18.0 Å². The third-order valence-electron chi connectivity index (χ3n) is 5.23. The number of fused-ring (bicyclic) bond motifs is 1. The molecule has 0 saturated carbocycles. The number of hydrogen-bond donors (Lipinski definition) is 2. The Kier molecular flexibility index (Phi) is 7.20. The monoisotopic (exact) mass is 476 g/mol. The maximum absolute atomic E-state index is 13.2. The first-order valence-electron chi connectivity index (χ1n) is 10.1. The van der Waals surface area contributed by atoms with E-state index in [9.17, 15) is 18.0 Å². The first-order chi connectivity index (χ1) is 15.1. The molecule has 0 saturated heterocycles. The van der Waals surface area contributed by atoms with Gasteiger partial charge in [-0.2, -0.15) is 0 Å². The molecule has 2 aromatic carbocycles. The number of sulfonamides is 1. The number of anilines is 1. The van der Waals surface area contributed by atoms with Crippen LogP contribution in [0.25, 0.3) is 0 Å². The van der Waals surface area contributed by atoms with Crippen LogP contribution in [-0.4, -0.2) is 50.6 Å². The van der Waals surface area contributed by atoms with E-state index in [1.807, 2.05) is 13.8 Å². The van der Waals surface area contributed by atoms with Gasteiger partial charge in [0.1, 0.15) is 11.9 Å². The topological polar surface area (TPSA) is 108 Å². The van der Waals surface area contributed by atoms with E-state index in [-0.39, 0.29) is 35.0 Å². The maximum atomic E-state index is 13.2. The van der Waals surface area contributed by atoms with Crippen molar-refractivity contribution in [2.24, 2.45) is 10.9 Å². The van der Waals surface area contributed by atoms with Gasteiger partial charge in [0.15, 0.2) is 0 Å². The second-order valence-corrected chi connectivity index (χ2v) is 9.75. The summed E-state index contributed by atoms with van der Waals surface area (Å²) in [5.74, 6) is -0.802. The minimum atomic E-state index is -3.72. The number of amides is 2. The van der Waals surface area contributed by atoms with Gasteiger partial charge in [0.2, 0.25) is 11.8 Å². The Morgan fingerprint density at radius 2 is 1.91 bits per heavy atom. The first-order valence-corrected chi connectivity index (χ1v) is 12.0. The lowest BCUT2D eigenvalue weighted by atomic mass is 9.98. The summed E-state index contributed by atoms with van der Waals surface area (Å²) < 4.78 is 27.2. The SMILES string of the molecule is CC[C@H](C)[C@H](N=C1NS(=O)(=O)c2ccccc21)C(=O)N(C)CC(=O)Nc1cccc(Cl)c1. The highest BCUT2D eigenvalue weighted by molar-refractivity contribution is 7.90. The number of nitrogens with one attached hydrogen (secondary N) is 2. The van der Waals surface area contributed by atoms with Crippen molar-refractivity contribution < 1.29 is 18.0 Å². The fourth-order valence-electron chi connectivity index (χ4n) is 3.30. The summed E-state index contributed by atoms with van der Waals surface area (Å²) in [5, 5.41) is 3.19. The van der Waals surface area contributed by atoms with Crippen LogP contribution in [0.4, 0.5) is 5.69 Å². The lowest BCUT2D eigenvalue weighted by molar-refractivity contribution is -0.135. The molecule has 10 heteroatoms. The van der Waals surface area contributed by atoms with Crippen LogP contribution < -0.4 is 10.0 Å². The fraction of sp³-hybridized carbons (Fsp3) is 0.318. The van der Waals surface area contributed by atoms with Gasteiger partial charge in [-0.3, -0.25) is 19.3 Å². The molecule has 2 atom stereocenters. The molecule has 0 aliphatic carbocycles. The zero-order chi connectivity index (χ0) is 23.5. The average Bonchev–Trinajstić information content (AvgIpc) is 3.01. The predicted octanol–water partition coefficient (Wildman–Crippen LogP) is 2.89. The Labute approximate surface area is 192 Å². The second kappa shape index (κ2) is 9.70. The number of carbonyl (C=O) groups is 2. The standard InChI is InChI=1S/C22H25ClN4O4S/c1-4-14(2)20(25-21-17-10-5-6-11-18(17)32(30,31)26-21)22(29)27(3)13-19(28)24-16-9-7-8-15(23)12-16/h5-12,14,20H,4,13H2,1-3H3,(H,24,28)(H,25,26)/t14-,20-/m0/s1. The molecule has 2 amide bonds. The average molecular weight is 477 g/mol. The van der Waals surface area contributed by atoms with Crippen molar-refractivity contribution in [3.8, 4) is 0 Å². The van der Waals surface area contributed by atoms with Crippen molar-refractivity contribution in [3.63, 3.8) is 0 Å². The van der Waals surface area contributed by atoms with E-state index in [0.717, 1.165) is 0 Å². The van der Waals surface area contributed by atoms with Gasteiger partial charge in [-0.15, -0.1) is 0 Å². The van der Waals surface area contributed by atoms with Gasteiger partial charge in [0.25, 0.3) is 10.0 Å². The van der Waals surface area contributed by atoms with Crippen LogP contribution in [0, 0.1) is 5.92 Å². The summed E-state index contributed by atoms with van der Waals surface area (Å²) in [6, 6.07) is 12.3. The fourth-order valence-corrected chi connectivity index (χ4v) is 4.73. The van der Waals surface area contributed by atoms with Crippen molar-refractivity contribution in [1.82, 2.24) is 9.62 Å². The Hall–Kier alpha value is -2.91. The molecule has 3 rings (SSSR count). The summed E-state index contributed by atoms with van der Waals surface area (Å²) >= 11 is 5.93. The number of rotatable bonds is 7. The van der Waals surface area contributed by atoms with E-state index in [4.69, 9.17) is 11.6 Å². The van der Waals surface area contributed by atoms with Gasteiger partial charge in [-0.1, -0.05) is 50.1 Å². The van der Waals surface area contributed by atoms with E-state index in [1.54, 1.807) is 42.5 Å². The molecule has 0 radical (unpaired) electrons. The molecule has 0 fully saturated rings. The van der Waals surface area contributed by atoms with Crippen molar-refractivity contribution in [3.05, 3.63) is 59.1 Å². The number of hydrogen-bond acceptors (Lipinski definition) is 5. The Morgan fingerprint density at radius 3 is 2.59 bits per heavy atom. The predicted molar refractivity (Wildman–Crippen MR) is 124 cm³/mol. The van der Waals surface area contributed by atoms with Gasteiger partial charge in [-0.25, -0.2) is 8.42 Å². The summed E-state index contributed by atoms with van der Waals surface area (Å²) in [5.41, 5.74) is 0.953. The number of carbonyl (C=O) groups excluding carboxylic acids is 2. The van der Waals surface area contributed by atoms with Crippen LogP contribution in [0.3, 0.4) is 0 Å². The third kappa shape index (κ3) is 5.28. The number of likely N-dealkylation sites (N-methyl/N-ethyl adjacent to an activating group) is 1. The highest BCUT2D eigenvalue weighted by atomic mass is 35.5. The molecule has 2 N–H and O–H groups in total. The number of aliphatic imine (C=N–C) groups is 1. The maximum Gasteiger partial charge on any atom is 0.263 e. The Bertz CT molecular complexity index is 1170. The largest absolute Gasteiger partial charge is 0.335 e. The van der Waals surface area contributed by atoms with E-state index in [0.29, 0.717) is 22.7 Å². The van der Waals surface area contributed by atoms with Crippen LogP contribution >= 0.6 is 11.6 Å². The molecule has 2 aromatic rings. The van der Waals surface area contributed by atoms with E-state index < -0.39 is 16.1 Å². The lowest BCUT2D eigenvalue weighted by Gasteiger charge is -2.25. The van der Waals surface area contributed by atoms with Gasteiger partial charge < -0.3 is 10.2 Å². The van der Waals surface area contributed by atoms with Crippen LogP contribution in [0.2, 0.25) is 5.02 Å². The zero-order valence-electron chi connectivity index (χ0n) is 18.0. The molecule has 32 heavy (non-hydrogen) atoms. The molecule has 0 aromatic heterocycles. The molecule has 0 bridgehead atoms. The van der Waals surface area contributed by atoms with Crippen molar-refractivity contribution in [1.29, 1.82) is 0 Å². The quantitative estimate of drug-likeness (QED) is 0.640. The van der Waals surface area contributed by atoms with Crippen LogP contribution in [0.5, 0.6) is 0 Å². The summed E-state index contributed by atoms with van der Waals surface area (Å²) in [6.45, 7) is 3.59. The van der Waals surface area contributed by atoms with Crippen molar-refractivity contribution >= 4 is 45.0 Å². The van der Waals surface area contributed by atoms with Gasteiger partial charge >= 0.3 is 0 Å². The summed E-state index contributed by atoms with van der Waals surface area (Å²) in [6.07, 6.45) is 0.643. The highest BCUT2D eigenvalue weighted by Gasteiger charge is 2.34. The van der Waals surface area contributed by atoms with Gasteiger partial charge in [-0.05, 0) is 36.2 Å². The minimum absolute atomic E-state index is 0.128. The molecular formula is C22H25ClN4O4S.